The number of halogens is 3. The van der Waals surface area contributed by atoms with Gasteiger partial charge in [0.15, 0.2) is 0 Å². The van der Waals surface area contributed by atoms with E-state index >= 15 is 0 Å². The molecule has 0 amide bonds. The van der Waals surface area contributed by atoms with E-state index in [-0.39, 0.29) is 5.78 Å². The minimum absolute atomic E-state index is 0.195. The van der Waals surface area contributed by atoms with Crippen molar-refractivity contribution in [1.82, 2.24) is 14.4 Å². The Hall–Kier alpha value is -0.791. The zero-order chi connectivity index (χ0) is 19.2. The molecule has 0 atom stereocenters. The summed E-state index contributed by atoms with van der Waals surface area (Å²) in [6, 6.07) is 1.04. The molecule has 0 aliphatic rings. The second kappa shape index (κ2) is 9.42. The van der Waals surface area contributed by atoms with Gasteiger partial charge in [0.2, 0.25) is 0 Å². The van der Waals surface area contributed by atoms with Crippen molar-refractivity contribution >= 4 is 27.9 Å². The summed E-state index contributed by atoms with van der Waals surface area (Å²) >= 11 is -2.74. The van der Waals surface area contributed by atoms with Crippen molar-refractivity contribution in [3.05, 3.63) is 24.2 Å². The SMILES string of the molecule is CCC[CH2][Sn]([CH2]CCC)([CH2]CCC)[c]1cn2ccc(C(F)(F)F)nc2n1. The Labute approximate surface area is 158 Å². The Morgan fingerprint density at radius 1 is 0.923 bits per heavy atom. The summed E-state index contributed by atoms with van der Waals surface area (Å²) in [5.41, 5.74) is -0.862. The molecule has 3 nitrogen and oxygen atoms in total. The van der Waals surface area contributed by atoms with Crippen LogP contribution in [0.2, 0.25) is 13.3 Å². The normalized spacial score (nSPS) is 12.8. The fourth-order valence-corrected chi connectivity index (χ4v) is 18.9. The molecule has 2 aromatic heterocycles. The number of nitrogens with zero attached hydrogens (tertiary/aromatic N) is 3. The van der Waals surface area contributed by atoms with Crippen molar-refractivity contribution in [2.75, 3.05) is 0 Å². The van der Waals surface area contributed by atoms with Gasteiger partial charge in [-0.2, -0.15) is 0 Å². The van der Waals surface area contributed by atoms with E-state index in [9.17, 15) is 13.2 Å². The van der Waals surface area contributed by atoms with Crippen molar-refractivity contribution in [1.29, 1.82) is 0 Å². The second-order valence-corrected chi connectivity index (χ2v) is 20.3. The first-order chi connectivity index (χ1) is 12.4. The minimum atomic E-state index is -4.43. The van der Waals surface area contributed by atoms with Crippen LogP contribution in [-0.4, -0.2) is 32.7 Å². The third-order valence-electron chi connectivity index (χ3n) is 5.19. The molecule has 0 fully saturated rings. The summed E-state index contributed by atoms with van der Waals surface area (Å²) in [5.74, 6) is 0.195. The maximum absolute atomic E-state index is 13.0. The first-order valence-corrected chi connectivity index (χ1v) is 17.3. The summed E-state index contributed by atoms with van der Waals surface area (Å²) in [7, 11) is 0. The van der Waals surface area contributed by atoms with E-state index in [2.05, 4.69) is 30.7 Å². The van der Waals surface area contributed by atoms with E-state index in [0.29, 0.717) is 0 Å². The van der Waals surface area contributed by atoms with E-state index in [1.54, 1.807) is 4.40 Å². The van der Waals surface area contributed by atoms with Gasteiger partial charge in [-0.1, -0.05) is 0 Å². The molecule has 0 unspecified atom stereocenters. The Morgan fingerprint density at radius 3 is 1.92 bits per heavy atom. The summed E-state index contributed by atoms with van der Waals surface area (Å²) in [6.45, 7) is 6.62. The van der Waals surface area contributed by atoms with Gasteiger partial charge in [0.25, 0.3) is 0 Å². The van der Waals surface area contributed by atoms with Gasteiger partial charge in [0.1, 0.15) is 0 Å². The molecule has 0 bridgehead atoms. The van der Waals surface area contributed by atoms with E-state index in [1.165, 1.54) is 38.8 Å². The predicted molar refractivity (Wildman–Crippen MR) is 103 cm³/mol. The first-order valence-electron chi connectivity index (χ1n) is 9.79. The van der Waals surface area contributed by atoms with Crippen LogP contribution >= 0.6 is 0 Å². The predicted octanol–water partition coefficient (Wildman–Crippen LogP) is 5.80. The van der Waals surface area contributed by atoms with Crippen LogP contribution in [0.3, 0.4) is 0 Å². The van der Waals surface area contributed by atoms with E-state index in [1.807, 2.05) is 6.20 Å². The molecule has 0 spiro atoms. The van der Waals surface area contributed by atoms with Crippen LogP contribution in [0.5, 0.6) is 0 Å². The number of alkyl halides is 3. The van der Waals surface area contributed by atoms with Gasteiger partial charge in [-0.25, -0.2) is 0 Å². The van der Waals surface area contributed by atoms with Crippen molar-refractivity contribution in [3.8, 4) is 0 Å². The van der Waals surface area contributed by atoms with E-state index < -0.39 is 30.2 Å². The van der Waals surface area contributed by atoms with Crippen LogP contribution in [0.1, 0.15) is 65.0 Å². The summed E-state index contributed by atoms with van der Waals surface area (Å²) in [6.07, 6.45) is 6.05. The molecule has 2 rings (SSSR count). The van der Waals surface area contributed by atoms with Crippen LogP contribution in [0.4, 0.5) is 13.2 Å². The third-order valence-corrected chi connectivity index (χ3v) is 20.2. The number of fused-ring (bicyclic) bond motifs is 1. The van der Waals surface area contributed by atoms with Gasteiger partial charge in [0.05, 0.1) is 0 Å². The maximum atomic E-state index is 13.0. The summed E-state index contributed by atoms with van der Waals surface area (Å²) in [4.78, 5) is 8.45. The second-order valence-electron chi connectivity index (χ2n) is 7.23. The molecule has 146 valence electrons. The quantitative estimate of drug-likeness (QED) is 0.406. The number of imidazole rings is 1. The average molecular weight is 476 g/mol. The molecule has 0 saturated heterocycles. The number of hydrogen-bond donors (Lipinski definition) is 0. The van der Waals surface area contributed by atoms with Crippen molar-refractivity contribution in [3.63, 3.8) is 0 Å². The van der Waals surface area contributed by atoms with Crippen LogP contribution in [0.15, 0.2) is 18.5 Å². The zero-order valence-electron chi connectivity index (χ0n) is 16.1. The van der Waals surface area contributed by atoms with Crippen LogP contribution in [0.25, 0.3) is 5.78 Å². The first kappa shape index (κ1) is 21.5. The van der Waals surface area contributed by atoms with Gasteiger partial charge in [-0.15, -0.1) is 0 Å². The molecule has 26 heavy (non-hydrogen) atoms. The average Bonchev–Trinajstić information content (AvgIpc) is 3.04. The molecule has 0 aliphatic heterocycles. The molecule has 0 saturated carbocycles. The fraction of sp³-hybridized carbons (Fsp3) is 0.684. The van der Waals surface area contributed by atoms with Gasteiger partial charge >= 0.3 is 158 Å². The Bertz CT molecular complexity index is 675. The van der Waals surface area contributed by atoms with Crippen molar-refractivity contribution in [2.45, 2.75) is 78.8 Å². The number of aromatic nitrogens is 3. The number of rotatable bonds is 10. The summed E-state index contributed by atoms with van der Waals surface area (Å²) < 4.78 is 45.4. The summed E-state index contributed by atoms with van der Waals surface area (Å²) in [5, 5.41) is 0. The molecular weight excluding hydrogens is 446 g/mol. The zero-order valence-corrected chi connectivity index (χ0v) is 18.9. The van der Waals surface area contributed by atoms with Crippen molar-refractivity contribution in [2.24, 2.45) is 0 Å². The van der Waals surface area contributed by atoms with Crippen molar-refractivity contribution < 1.29 is 13.2 Å². The monoisotopic (exact) mass is 477 g/mol. The number of unbranched alkanes of at least 4 members (excludes halogenated alkanes) is 3. The van der Waals surface area contributed by atoms with Gasteiger partial charge < -0.3 is 0 Å². The molecule has 0 radical (unpaired) electrons. The Morgan fingerprint density at radius 2 is 1.46 bits per heavy atom. The van der Waals surface area contributed by atoms with Crippen LogP contribution < -0.4 is 3.71 Å². The fourth-order valence-electron chi connectivity index (χ4n) is 3.59. The molecule has 2 heterocycles. The van der Waals surface area contributed by atoms with Gasteiger partial charge in [-0.3, -0.25) is 0 Å². The molecular formula is C19H30F3N3Sn. The van der Waals surface area contributed by atoms with Crippen LogP contribution in [-0.2, 0) is 6.18 Å². The molecule has 0 N–H and O–H groups in total. The van der Waals surface area contributed by atoms with Gasteiger partial charge in [0, 0.05) is 0 Å². The molecule has 7 heteroatoms. The standard InChI is InChI=1S/C7H3F3N3.3C4H9.Sn/c8-7(9,10)5-1-3-13-4-2-11-6(13)12-5;3*1-3-4-2;/h1,3-4H;3*1,3-4H2,2H3;. The number of hydrogen-bond acceptors (Lipinski definition) is 2. The van der Waals surface area contributed by atoms with Gasteiger partial charge in [-0.05, 0) is 0 Å². The van der Waals surface area contributed by atoms with Crippen LogP contribution in [0, 0.1) is 0 Å². The molecule has 0 aliphatic carbocycles. The third kappa shape index (κ3) is 5.14. The Kier molecular flexibility index (Phi) is 7.79. The van der Waals surface area contributed by atoms with E-state index in [0.717, 1.165) is 29.0 Å². The topological polar surface area (TPSA) is 30.2 Å². The molecule has 2 aromatic rings. The molecule has 0 aromatic carbocycles. The Balaban J connectivity index is 2.47. The van der Waals surface area contributed by atoms with E-state index in [4.69, 9.17) is 0 Å².